The predicted molar refractivity (Wildman–Crippen MR) is 122 cm³/mol. The van der Waals surface area contributed by atoms with Crippen LogP contribution in [0.3, 0.4) is 0 Å². The Morgan fingerprint density at radius 1 is 0.882 bits per heavy atom. The molecule has 8 heteroatoms. The van der Waals surface area contributed by atoms with E-state index in [0.29, 0.717) is 24.5 Å². The van der Waals surface area contributed by atoms with Crippen LogP contribution in [0.5, 0.6) is 0 Å². The fourth-order valence-electron chi connectivity index (χ4n) is 4.18. The number of likely N-dealkylation sites (tertiary alicyclic amines) is 1. The third-order valence-corrected chi connectivity index (χ3v) is 5.98. The van der Waals surface area contributed by atoms with Gasteiger partial charge in [-0.25, -0.2) is 18.0 Å². The van der Waals surface area contributed by atoms with Crippen LogP contribution in [0.4, 0.5) is 23.7 Å². The quantitative estimate of drug-likeness (QED) is 0.528. The molecule has 4 rings (SSSR count). The number of nitrogens with zero attached hydrogens (tertiary/aromatic N) is 1. The first-order chi connectivity index (χ1) is 16.4. The smallest absolute Gasteiger partial charge is 0.322 e. The third kappa shape index (κ3) is 5.39. The van der Waals surface area contributed by atoms with Gasteiger partial charge in [0.2, 0.25) is 5.91 Å². The molecule has 3 aromatic rings. The van der Waals surface area contributed by atoms with E-state index >= 15 is 0 Å². The van der Waals surface area contributed by atoms with E-state index in [-0.39, 0.29) is 30.7 Å². The summed E-state index contributed by atoms with van der Waals surface area (Å²) >= 11 is 0. The number of anilines is 1. The van der Waals surface area contributed by atoms with Gasteiger partial charge in [-0.15, -0.1) is 0 Å². The molecule has 1 aliphatic heterocycles. The lowest BCUT2D eigenvalue weighted by atomic mass is 9.88. The molecule has 0 unspecified atom stereocenters. The molecular weight excluding hydrogens is 443 g/mol. The summed E-state index contributed by atoms with van der Waals surface area (Å²) in [6.45, 7) is 0.133. The lowest BCUT2D eigenvalue weighted by molar-refractivity contribution is -0.126. The van der Waals surface area contributed by atoms with Gasteiger partial charge in [0.15, 0.2) is 0 Å². The van der Waals surface area contributed by atoms with Crippen molar-refractivity contribution in [2.75, 3.05) is 11.9 Å². The number of urea groups is 1. The van der Waals surface area contributed by atoms with Gasteiger partial charge >= 0.3 is 6.03 Å². The highest BCUT2D eigenvalue weighted by Gasteiger charge is 2.35. The maximum Gasteiger partial charge on any atom is 0.322 e. The molecule has 0 aliphatic carbocycles. The van der Waals surface area contributed by atoms with Gasteiger partial charge in [0.1, 0.15) is 17.5 Å². The maximum absolute atomic E-state index is 14.1. The second-order valence-corrected chi connectivity index (χ2v) is 8.22. The number of amides is 3. The fourth-order valence-corrected chi connectivity index (χ4v) is 4.18. The minimum atomic E-state index is -0.888. The van der Waals surface area contributed by atoms with Gasteiger partial charge in [-0.2, -0.15) is 0 Å². The number of rotatable bonds is 5. The highest BCUT2D eigenvalue weighted by atomic mass is 19.1. The number of carbonyl (C=O) groups excluding carboxylic acids is 2. The number of piperidine rings is 1. The first kappa shape index (κ1) is 23.4. The van der Waals surface area contributed by atoms with E-state index < -0.39 is 29.4 Å². The highest BCUT2D eigenvalue weighted by Crippen LogP contribution is 2.34. The van der Waals surface area contributed by atoms with Crippen molar-refractivity contribution in [1.82, 2.24) is 10.2 Å². The third-order valence-electron chi connectivity index (χ3n) is 5.98. The van der Waals surface area contributed by atoms with Crippen molar-refractivity contribution >= 4 is 17.6 Å². The van der Waals surface area contributed by atoms with Crippen LogP contribution in [0.15, 0.2) is 72.8 Å². The van der Waals surface area contributed by atoms with Crippen molar-refractivity contribution in [2.24, 2.45) is 5.92 Å². The van der Waals surface area contributed by atoms with Crippen molar-refractivity contribution in [1.29, 1.82) is 0 Å². The Hall–Kier alpha value is -3.81. The van der Waals surface area contributed by atoms with Gasteiger partial charge in [0, 0.05) is 24.7 Å². The minimum absolute atomic E-state index is 0.0388. The summed E-state index contributed by atoms with van der Waals surface area (Å²) in [5.74, 6) is -2.85. The molecule has 0 saturated carbocycles. The van der Waals surface area contributed by atoms with Crippen LogP contribution >= 0.6 is 0 Å². The molecule has 3 amide bonds. The Bertz CT molecular complexity index is 1170. The first-order valence-electron chi connectivity index (χ1n) is 11.0. The molecule has 1 fully saturated rings. The van der Waals surface area contributed by atoms with Gasteiger partial charge in [0.05, 0.1) is 17.6 Å². The second kappa shape index (κ2) is 10.4. The molecule has 1 saturated heterocycles. The van der Waals surface area contributed by atoms with Gasteiger partial charge in [-0.05, 0) is 36.6 Å². The van der Waals surface area contributed by atoms with E-state index in [1.54, 1.807) is 18.2 Å². The Kier molecular flexibility index (Phi) is 7.15. The molecule has 0 aromatic heterocycles. The van der Waals surface area contributed by atoms with Crippen molar-refractivity contribution in [3.05, 3.63) is 101 Å². The molecule has 1 aliphatic rings. The van der Waals surface area contributed by atoms with Crippen molar-refractivity contribution < 1.29 is 22.8 Å². The molecular formula is C26H24F3N3O2. The number of benzene rings is 3. The van der Waals surface area contributed by atoms with E-state index in [4.69, 9.17) is 0 Å². The lowest BCUT2D eigenvalue weighted by Gasteiger charge is -2.39. The SMILES string of the molecule is O=C(NCc1ccccc1F)[C@H]1CC[C@@H](c2ccccc2)N(C(=O)Nc2ccc(F)cc2F)C1. The van der Waals surface area contributed by atoms with Gasteiger partial charge in [-0.3, -0.25) is 4.79 Å². The minimum Gasteiger partial charge on any atom is -0.352 e. The van der Waals surface area contributed by atoms with E-state index in [9.17, 15) is 22.8 Å². The van der Waals surface area contributed by atoms with E-state index in [0.717, 1.165) is 17.7 Å². The van der Waals surface area contributed by atoms with Crippen LogP contribution in [0, 0.1) is 23.4 Å². The highest BCUT2D eigenvalue weighted by molar-refractivity contribution is 5.90. The monoisotopic (exact) mass is 467 g/mol. The summed E-state index contributed by atoms with van der Waals surface area (Å²) < 4.78 is 41.3. The zero-order chi connectivity index (χ0) is 24.1. The van der Waals surface area contributed by atoms with Crippen molar-refractivity contribution in [3.63, 3.8) is 0 Å². The van der Waals surface area contributed by atoms with Crippen molar-refractivity contribution in [3.8, 4) is 0 Å². The van der Waals surface area contributed by atoms with E-state index in [1.807, 2.05) is 30.3 Å². The van der Waals surface area contributed by atoms with Gasteiger partial charge in [0.25, 0.3) is 0 Å². The Morgan fingerprint density at radius 2 is 1.62 bits per heavy atom. The fraction of sp³-hybridized carbons (Fsp3) is 0.231. The molecule has 2 N–H and O–H groups in total. The zero-order valence-corrected chi connectivity index (χ0v) is 18.3. The largest absolute Gasteiger partial charge is 0.352 e. The Balaban J connectivity index is 1.50. The van der Waals surface area contributed by atoms with Crippen LogP contribution < -0.4 is 10.6 Å². The molecule has 176 valence electrons. The molecule has 34 heavy (non-hydrogen) atoms. The van der Waals surface area contributed by atoms with Crippen molar-refractivity contribution in [2.45, 2.75) is 25.4 Å². The van der Waals surface area contributed by atoms with E-state index in [2.05, 4.69) is 10.6 Å². The molecule has 0 spiro atoms. The lowest BCUT2D eigenvalue weighted by Crippen LogP contribution is -2.48. The van der Waals surface area contributed by atoms with Crippen LogP contribution in [0.1, 0.15) is 30.0 Å². The number of nitrogens with one attached hydrogen (secondary N) is 2. The number of halogens is 3. The average Bonchev–Trinajstić information content (AvgIpc) is 2.85. The summed E-state index contributed by atoms with van der Waals surface area (Å²) in [6, 6.07) is 17.6. The predicted octanol–water partition coefficient (Wildman–Crippen LogP) is 5.41. The topological polar surface area (TPSA) is 61.4 Å². The van der Waals surface area contributed by atoms with Crippen LogP contribution in [0.25, 0.3) is 0 Å². The maximum atomic E-state index is 14.1. The molecule has 1 heterocycles. The summed E-state index contributed by atoms with van der Waals surface area (Å²) in [5.41, 5.74) is 1.11. The Labute approximate surface area is 195 Å². The molecule has 5 nitrogen and oxygen atoms in total. The van der Waals surface area contributed by atoms with Crippen LogP contribution in [-0.4, -0.2) is 23.4 Å². The number of hydrogen-bond acceptors (Lipinski definition) is 2. The number of hydrogen-bond donors (Lipinski definition) is 2. The summed E-state index contributed by atoms with van der Waals surface area (Å²) in [7, 11) is 0. The summed E-state index contributed by atoms with van der Waals surface area (Å²) in [6.07, 6.45) is 1.04. The summed E-state index contributed by atoms with van der Waals surface area (Å²) in [4.78, 5) is 27.5. The zero-order valence-electron chi connectivity index (χ0n) is 18.3. The van der Waals surface area contributed by atoms with E-state index in [1.165, 1.54) is 11.0 Å². The normalized spacial score (nSPS) is 17.8. The van der Waals surface area contributed by atoms with Gasteiger partial charge < -0.3 is 15.5 Å². The second-order valence-electron chi connectivity index (χ2n) is 8.22. The summed E-state index contributed by atoms with van der Waals surface area (Å²) in [5, 5.41) is 5.25. The average molecular weight is 467 g/mol. The molecule has 0 bridgehead atoms. The Morgan fingerprint density at radius 3 is 2.35 bits per heavy atom. The standard InChI is InChI=1S/C26H24F3N3O2/c27-20-11-12-23(22(29)14-20)31-26(34)32-16-19(10-13-24(32)17-6-2-1-3-7-17)25(33)30-15-18-8-4-5-9-21(18)28/h1-9,11-12,14,19,24H,10,13,15-16H2,(H,30,33)(H,31,34)/t19-,24-/m0/s1. The number of carbonyl (C=O) groups is 2. The molecule has 3 aromatic carbocycles. The first-order valence-corrected chi connectivity index (χ1v) is 11.0. The molecule has 0 radical (unpaired) electrons. The van der Waals surface area contributed by atoms with Crippen LogP contribution in [0.2, 0.25) is 0 Å². The van der Waals surface area contributed by atoms with Crippen LogP contribution in [-0.2, 0) is 11.3 Å². The van der Waals surface area contributed by atoms with Gasteiger partial charge in [-0.1, -0.05) is 48.5 Å². The molecule has 2 atom stereocenters.